The minimum atomic E-state index is -0.199. The van der Waals surface area contributed by atoms with Gasteiger partial charge in [-0.25, -0.2) is 0 Å². The molecule has 0 fully saturated rings. The van der Waals surface area contributed by atoms with Gasteiger partial charge in [0.05, 0.1) is 6.54 Å². The monoisotopic (exact) mass is 498 g/mol. The van der Waals surface area contributed by atoms with E-state index in [4.69, 9.17) is 21.1 Å². The summed E-state index contributed by atoms with van der Waals surface area (Å²) >= 11 is 7.60. The summed E-state index contributed by atoms with van der Waals surface area (Å²) in [6.45, 7) is 6.91. The van der Waals surface area contributed by atoms with Gasteiger partial charge >= 0.3 is 0 Å². The molecule has 0 spiro atoms. The number of carbonyl (C=O) groups excluding carboxylic acids is 2. The second-order valence-electron chi connectivity index (χ2n) is 8.50. The molecular formula is C26H27ClN2O4S. The van der Waals surface area contributed by atoms with Gasteiger partial charge in [0.1, 0.15) is 6.54 Å². The Morgan fingerprint density at radius 1 is 1.03 bits per heavy atom. The van der Waals surface area contributed by atoms with Crippen LogP contribution in [0.5, 0.6) is 11.5 Å². The first kappa shape index (κ1) is 24.1. The molecule has 0 saturated carbocycles. The summed E-state index contributed by atoms with van der Waals surface area (Å²) in [6, 6.07) is 14.3. The zero-order chi connectivity index (χ0) is 24.2. The Hall–Kier alpha value is -3.03. The molecule has 1 aromatic heterocycles. The third-order valence-corrected chi connectivity index (χ3v) is 7.01. The summed E-state index contributed by atoms with van der Waals surface area (Å²) in [5, 5.41) is 2.59. The molecule has 1 aliphatic heterocycles. The van der Waals surface area contributed by atoms with Gasteiger partial charge in [0.2, 0.25) is 12.7 Å². The van der Waals surface area contributed by atoms with Crippen molar-refractivity contribution in [1.29, 1.82) is 0 Å². The van der Waals surface area contributed by atoms with Crippen LogP contribution in [0, 0.1) is 6.92 Å². The van der Waals surface area contributed by atoms with E-state index < -0.39 is 0 Å². The van der Waals surface area contributed by atoms with Crippen LogP contribution in [0.15, 0.2) is 53.9 Å². The number of thiophene rings is 1. The molecule has 0 N–H and O–H groups in total. The number of carbonyl (C=O) groups is 2. The number of rotatable bonds is 8. The lowest BCUT2D eigenvalue weighted by Gasteiger charge is -2.30. The SMILES string of the molecule is Cc1ccsc1CN(Cc1ccc2c(c1)OCO2)C(=O)CN(C(=O)c1ccc(Cl)cc1)C(C)C. The molecule has 34 heavy (non-hydrogen) atoms. The molecule has 2 aromatic carbocycles. The first-order valence-electron chi connectivity index (χ1n) is 11.1. The number of hydrogen-bond donors (Lipinski definition) is 0. The molecule has 6 nitrogen and oxygen atoms in total. The smallest absolute Gasteiger partial charge is 0.254 e. The Morgan fingerprint density at radius 3 is 2.44 bits per heavy atom. The number of halogens is 1. The lowest BCUT2D eigenvalue weighted by molar-refractivity contribution is -0.133. The number of fused-ring (bicyclic) bond motifs is 1. The maximum atomic E-state index is 13.6. The van der Waals surface area contributed by atoms with Crippen molar-refractivity contribution in [3.63, 3.8) is 0 Å². The lowest BCUT2D eigenvalue weighted by atomic mass is 10.1. The third-order valence-electron chi connectivity index (χ3n) is 5.75. The fourth-order valence-corrected chi connectivity index (χ4v) is 4.77. The molecule has 178 valence electrons. The van der Waals surface area contributed by atoms with Crippen molar-refractivity contribution in [2.75, 3.05) is 13.3 Å². The number of hydrogen-bond acceptors (Lipinski definition) is 5. The third kappa shape index (κ3) is 5.54. The molecule has 0 unspecified atom stereocenters. The van der Waals surface area contributed by atoms with Crippen molar-refractivity contribution in [3.8, 4) is 11.5 Å². The quantitative estimate of drug-likeness (QED) is 0.410. The van der Waals surface area contributed by atoms with Crippen LogP contribution >= 0.6 is 22.9 Å². The summed E-state index contributed by atoms with van der Waals surface area (Å²) < 4.78 is 10.9. The van der Waals surface area contributed by atoms with E-state index in [-0.39, 0.29) is 31.2 Å². The summed E-state index contributed by atoms with van der Waals surface area (Å²) in [5.41, 5.74) is 2.58. The molecule has 2 amide bonds. The van der Waals surface area contributed by atoms with E-state index in [1.54, 1.807) is 45.4 Å². The molecule has 4 rings (SSSR count). The normalized spacial score (nSPS) is 12.1. The minimum Gasteiger partial charge on any atom is -0.454 e. The van der Waals surface area contributed by atoms with Gasteiger partial charge < -0.3 is 19.3 Å². The summed E-state index contributed by atoms with van der Waals surface area (Å²) in [6.07, 6.45) is 0. The van der Waals surface area contributed by atoms with Gasteiger partial charge in [-0.1, -0.05) is 17.7 Å². The number of amides is 2. The van der Waals surface area contributed by atoms with E-state index in [1.165, 1.54) is 0 Å². The predicted molar refractivity (Wildman–Crippen MR) is 133 cm³/mol. The molecule has 0 bridgehead atoms. The molecule has 0 atom stereocenters. The summed E-state index contributed by atoms with van der Waals surface area (Å²) in [4.78, 5) is 31.3. The van der Waals surface area contributed by atoms with Crippen molar-refractivity contribution in [2.24, 2.45) is 0 Å². The Labute approximate surface area is 208 Å². The molecule has 3 aromatic rings. The molecule has 0 saturated heterocycles. The highest BCUT2D eigenvalue weighted by Gasteiger charge is 2.26. The fraction of sp³-hybridized carbons (Fsp3) is 0.308. The van der Waals surface area contributed by atoms with E-state index in [2.05, 4.69) is 0 Å². The molecule has 0 radical (unpaired) electrons. The number of benzene rings is 2. The van der Waals surface area contributed by atoms with Gasteiger partial charge in [-0.2, -0.15) is 0 Å². The van der Waals surface area contributed by atoms with Gasteiger partial charge in [-0.15, -0.1) is 11.3 Å². The first-order valence-corrected chi connectivity index (χ1v) is 12.3. The highest BCUT2D eigenvalue weighted by Crippen LogP contribution is 2.33. The zero-order valence-electron chi connectivity index (χ0n) is 19.4. The lowest BCUT2D eigenvalue weighted by Crippen LogP contribution is -2.45. The van der Waals surface area contributed by atoms with E-state index in [0.717, 1.165) is 16.0 Å². The van der Waals surface area contributed by atoms with Crippen LogP contribution < -0.4 is 9.47 Å². The van der Waals surface area contributed by atoms with Crippen LogP contribution in [-0.2, 0) is 17.9 Å². The van der Waals surface area contributed by atoms with E-state index >= 15 is 0 Å². The highest BCUT2D eigenvalue weighted by molar-refractivity contribution is 7.10. The van der Waals surface area contributed by atoms with Crippen LogP contribution in [0.4, 0.5) is 0 Å². The second-order valence-corrected chi connectivity index (χ2v) is 9.94. The first-order chi connectivity index (χ1) is 16.3. The number of nitrogens with zero attached hydrogens (tertiary/aromatic N) is 2. The topological polar surface area (TPSA) is 59.1 Å². The maximum Gasteiger partial charge on any atom is 0.254 e. The van der Waals surface area contributed by atoms with Gasteiger partial charge in [0.15, 0.2) is 11.5 Å². The van der Waals surface area contributed by atoms with Crippen molar-refractivity contribution in [3.05, 3.63) is 80.5 Å². The van der Waals surface area contributed by atoms with Crippen LogP contribution in [0.2, 0.25) is 5.02 Å². The minimum absolute atomic E-state index is 0.0197. The van der Waals surface area contributed by atoms with Gasteiger partial charge in [-0.3, -0.25) is 9.59 Å². The summed E-state index contributed by atoms with van der Waals surface area (Å²) in [5.74, 6) is 1.06. The van der Waals surface area contributed by atoms with Crippen LogP contribution in [-0.4, -0.2) is 41.0 Å². The number of aryl methyl sites for hydroxylation is 1. The van der Waals surface area contributed by atoms with E-state index in [1.807, 2.05) is 50.4 Å². The molecule has 2 heterocycles. The van der Waals surface area contributed by atoms with Crippen molar-refractivity contribution in [1.82, 2.24) is 9.80 Å². The van der Waals surface area contributed by atoms with E-state index in [0.29, 0.717) is 35.2 Å². The standard InChI is InChI=1S/C26H27ClN2O4S/c1-17(2)29(26(31)20-5-7-21(27)8-6-20)15-25(30)28(14-24-18(3)10-11-34-24)13-19-4-9-22-23(12-19)33-16-32-22/h4-12,17H,13-16H2,1-3H3. The fourth-order valence-electron chi connectivity index (χ4n) is 3.72. The molecule has 0 aliphatic carbocycles. The van der Waals surface area contributed by atoms with Crippen LogP contribution in [0.1, 0.15) is 40.2 Å². The average molecular weight is 499 g/mol. The number of ether oxygens (including phenoxy) is 2. The second kappa shape index (κ2) is 10.5. The van der Waals surface area contributed by atoms with Crippen molar-refractivity contribution >= 4 is 34.8 Å². The van der Waals surface area contributed by atoms with Crippen LogP contribution in [0.3, 0.4) is 0 Å². The predicted octanol–water partition coefficient (Wildman–Crippen LogP) is 5.52. The molecule has 1 aliphatic rings. The molecule has 8 heteroatoms. The Morgan fingerprint density at radius 2 is 1.76 bits per heavy atom. The molecular weight excluding hydrogens is 472 g/mol. The Bertz CT molecular complexity index is 1180. The Kier molecular flexibility index (Phi) is 7.44. The maximum absolute atomic E-state index is 13.6. The van der Waals surface area contributed by atoms with Crippen molar-refractivity contribution < 1.29 is 19.1 Å². The van der Waals surface area contributed by atoms with Gasteiger partial charge in [0, 0.05) is 28.0 Å². The Balaban J connectivity index is 1.56. The highest BCUT2D eigenvalue weighted by atomic mass is 35.5. The van der Waals surface area contributed by atoms with Crippen LogP contribution in [0.25, 0.3) is 0 Å². The summed E-state index contributed by atoms with van der Waals surface area (Å²) in [7, 11) is 0. The van der Waals surface area contributed by atoms with Gasteiger partial charge in [-0.05, 0) is 79.7 Å². The van der Waals surface area contributed by atoms with E-state index in [9.17, 15) is 9.59 Å². The largest absolute Gasteiger partial charge is 0.454 e. The average Bonchev–Trinajstić information content (AvgIpc) is 3.45. The zero-order valence-corrected chi connectivity index (χ0v) is 21.0. The van der Waals surface area contributed by atoms with Crippen molar-refractivity contribution in [2.45, 2.75) is 39.9 Å². The van der Waals surface area contributed by atoms with Gasteiger partial charge in [0.25, 0.3) is 5.91 Å².